The van der Waals surface area contributed by atoms with Gasteiger partial charge in [-0.1, -0.05) is 31.2 Å². The minimum Gasteiger partial charge on any atom is -0.395 e. The van der Waals surface area contributed by atoms with Crippen molar-refractivity contribution in [2.75, 3.05) is 25.0 Å². The Hall–Kier alpha value is -3.32. The van der Waals surface area contributed by atoms with Gasteiger partial charge >= 0.3 is 0 Å². The number of nitrogens with zero attached hydrogens (tertiary/aromatic N) is 2. The number of aromatic nitrogens is 2. The average molecular weight is 394 g/mol. The summed E-state index contributed by atoms with van der Waals surface area (Å²) in [5.74, 6) is 0.331. The lowest BCUT2D eigenvalue weighted by Crippen LogP contribution is -2.26. The molecule has 150 valence electrons. The third-order valence-corrected chi connectivity index (χ3v) is 4.51. The van der Waals surface area contributed by atoms with E-state index in [2.05, 4.69) is 27.8 Å². The molecule has 0 aliphatic heterocycles. The second-order valence-electron chi connectivity index (χ2n) is 6.70. The van der Waals surface area contributed by atoms with Crippen LogP contribution in [0.1, 0.15) is 28.8 Å². The Balaban J connectivity index is 1.62. The minimum absolute atomic E-state index is 0.106. The molecule has 0 saturated carbocycles. The first-order valence-corrected chi connectivity index (χ1v) is 9.39. The molecule has 0 spiro atoms. The molecule has 0 aliphatic carbocycles. The van der Waals surface area contributed by atoms with E-state index in [9.17, 15) is 9.18 Å². The number of carbonyl (C=O) groups excluding carboxylic acids is 1. The van der Waals surface area contributed by atoms with Crippen molar-refractivity contribution in [3.8, 4) is 11.3 Å². The first-order chi connectivity index (χ1) is 14.1. The molecule has 1 unspecified atom stereocenters. The molecule has 0 fully saturated rings. The van der Waals surface area contributed by atoms with E-state index in [1.165, 1.54) is 12.1 Å². The van der Waals surface area contributed by atoms with Crippen LogP contribution >= 0.6 is 0 Å². The highest BCUT2D eigenvalue weighted by atomic mass is 19.1. The van der Waals surface area contributed by atoms with Gasteiger partial charge in [0.1, 0.15) is 11.6 Å². The van der Waals surface area contributed by atoms with Crippen LogP contribution in [0, 0.1) is 5.82 Å². The van der Waals surface area contributed by atoms with Crippen molar-refractivity contribution in [2.45, 2.75) is 12.8 Å². The Morgan fingerprint density at radius 1 is 1.10 bits per heavy atom. The molecule has 29 heavy (non-hydrogen) atoms. The number of benzene rings is 2. The third kappa shape index (κ3) is 5.58. The molecular weight excluding hydrogens is 371 g/mol. The summed E-state index contributed by atoms with van der Waals surface area (Å²) in [6, 6.07) is 17.2. The van der Waals surface area contributed by atoms with Gasteiger partial charge < -0.3 is 15.7 Å². The van der Waals surface area contributed by atoms with Gasteiger partial charge in [-0.2, -0.15) is 0 Å². The van der Waals surface area contributed by atoms with Gasteiger partial charge in [-0.25, -0.2) is 4.39 Å². The van der Waals surface area contributed by atoms with Crippen LogP contribution in [-0.2, 0) is 0 Å². The van der Waals surface area contributed by atoms with Gasteiger partial charge in [0.25, 0.3) is 5.91 Å². The van der Waals surface area contributed by atoms with Crippen molar-refractivity contribution >= 4 is 11.7 Å². The molecule has 3 aromatic rings. The first-order valence-electron chi connectivity index (χ1n) is 9.39. The number of hydrogen-bond acceptors (Lipinski definition) is 5. The van der Waals surface area contributed by atoms with Crippen molar-refractivity contribution in [3.05, 3.63) is 77.6 Å². The number of amides is 1. The van der Waals surface area contributed by atoms with E-state index < -0.39 is 0 Å². The molecule has 3 N–H and O–H groups in total. The minimum atomic E-state index is -0.248. The van der Waals surface area contributed by atoms with Crippen LogP contribution < -0.4 is 10.6 Å². The maximum absolute atomic E-state index is 13.0. The SMILES string of the molecule is CC(CNc1ccc(-c2cccc(C(=O)NCCO)c2)nn1)c1ccc(F)cc1. The molecule has 2 aromatic carbocycles. The van der Waals surface area contributed by atoms with Crippen LogP contribution in [0.3, 0.4) is 0 Å². The Morgan fingerprint density at radius 3 is 2.59 bits per heavy atom. The van der Waals surface area contributed by atoms with E-state index >= 15 is 0 Å². The normalized spacial score (nSPS) is 11.7. The van der Waals surface area contributed by atoms with E-state index in [4.69, 9.17) is 5.11 Å². The molecule has 1 atom stereocenters. The fourth-order valence-corrected chi connectivity index (χ4v) is 2.84. The number of halogens is 1. The number of rotatable bonds is 8. The number of carbonyl (C=O) groups is 1. The predicted molar refractivity (Wildman–Crippen MR) is 110 cm³/mol. The Labute approximate surface area is 168 Å². The zero-order chi connectivity index (χ0) is 20.6. The molecule has 1 amide bonds. The molecule has 7 heteroatoms. The van der Waals surface area contributed by atoms with E-state index in [0.29, 0.717) is 23.6 Å². The van der Waals surface area contributed by atoms with Gasteiger partial charge in [-0.15, -0.1) is 10.2 Å². The number of aliphatic hydroxyl groups is 1. The molecule has 0 bridgehead atoms. The van der Waals surface area contributed by atoms with Gasteiger partial charge in [0.2, 0.25) is 0 Å². The van der Waals surface area contributed by atoms with Crippen molar-refractivity contribution in [2.24, 2.45) is 0 Å². The van der Waals surface area contributed by atoms with Crippen molar-refractivity contribution in [1.82, 2.24) is 15.5 Å². The Bertz CT molecular complexity index is 946. The summed E-state index contributed by atoms with van der Waals surface area (Å²) in [6.07, 6.45) is 0. The van der Waals surface area contributed by atoms with Crippen LogP contribution in [-0.4, -0.2) is 40.9 Å². The average Bonchev–Trinajstić information content (AvgIpc) is 2.76. The van der Waals surface area contributed by atoms with Gasteiger partial charge in [0.05, 0.1) is 12.3 Å². The summed E-state index contributed by atoms with van der Waals surface area (Å²) < 4.78 is 13.0. The highest BCUT2D eigenvalue weighted by Gasteiger charge is 2.09. The predicted octanol–water partition coefficient (Wildman–Crippen LogP) is 3.22. The maximum atomic E-state index is 13.0. The Kier molecular flexibility index (Phi) is 6.86. The van der Waals surface area contributed by atoms with Crippen molar-refractivity contribution < 1.29 is 14.3 Å². The van der Waals surface area contributed by atoms with Crippen LogP contribution in [0.15, 0.2) is 60.7 Å². The van der Waals surface area contributed by atoms with Gasteiger partial charge in [0, 0.05) is 24.2 Å². The van der Waals surface area contributed by atoms with Gasteiger partial charge in [-0.05, 0) is 47.9 Å². The molecule has 0 saturated heterocycles. The lowest BCUT2D eigenvalue weighted by molar-refractivity contribution is 0.0945. The lowest BCUT2D eigenvalue weighted by atomic mass is 10.0. The fraction of sp³-hybridized carbons (Fsp3) is 0.227. The molecule has 3 rings (SSSR count). The number of nitrogens with one attached hydrogen (secondary N) is 2. The van der Waals surface area contributed by atoms with E-state index in [1.54, 1.807) is 30.3 Å². The standard InChI is InChI=1S/C22H23FN4O2/c1-15(16-5-7-19(23)8-6-16)14-25-21-10-9-20(26-27-21)17-3-2-4-18(13-17)22(29)24-11-12-28/h2-10,13,15,28H,11-12,14H2,1H3,(H,24,29)(H,25,27). The highest BCUT2D eigenvalue weighted by molar-refractivity contribution is 5.95. The van der Waals surface area contributed by atoms with Gasteiger partial charge in [0.15, 0.2) is 0 Å². The molecule has 1 heterocycles. The Morgan fingerprint density at radius 2 is 1.90 bits per heavy atom. The van der Waals surface area contributed by atoms with Crippen LogP contribution in [0.5, 0.6) is 0 Å². The summed E-state index contributed by atoms with van der Waals surface area (Å²) in [6.45, 7) is 2.79. The maximum Gasteiger partial charge on any atom is 0.251 e. The summed E-state index contributed by atoms with van der Waals surface area (Å²) >= 11 is 0. The monoisotopic (exact) mass is 394 g/mol. The van der Waals surface area contributed by atoms with Crippen LogP contribution in [0.25, 0.3) is 11.3 Å². The molecule has 0 radical (unpaired) electrons. The molecule has 0 aliphatic rings. The summed E-state index contributed by atoms with van der Waals surface area (Å²) in [7, 11) is 0. The van der Waals surface area contributed by atoms with Crippen molar-refractivity contribution in [3.63, 3.8) is 0 Å². The van der Waals surface area contributed by atoms with Crippen molar-refractivity contribution in [1.29, 1.82) is 0 Å². The van der Waals surface area contributed by atoms with Crippen LogP contribution in [0.4, 0.5) is 10.2 Å². The van der Waals surface area contributed by atoms with Crippen LogP contribution in [0.2, 0.25) is 0 Å². The van der Waals surface area contributed by atoms with E-state index in [-0.39, 0.29) is 30.8 Å². The lowest BCUT2D eigenvalue weighted by Gasteiger charge is -2.13. The molecule has 1 aromatic heterocycles. The van der Waals surface area contributed by atoms with E-state index in [1.807, 2.05) is 18.2 Å². The third-order valence-electron chi connectivity index (χ3n) is 4.51. The largest absolute Gasteiger partial charge is 0.395 e. The molecular formula is C22H23FN4O2. The second-order valence-corrected chi connectivity index (χ2v) is 6.70. The second kappa shape index (κ2) is 9.75. The summed E-state index contributed by atoms with van der Waals surface area (Å²) in [5, 5.41) is 23.1. The zero-order valence-electron chi connectivity index (χ0n) is 16.1. The topological polar surface area (TPSA) is 87.1 Å². The quantitative estimate of drug-likeness (QED) is 0.546. The first kappa shape index (κ1) is 20.4. The molecule has 6 nitrogen and oxygen atoms in total. The van der Waals surface area contributed by atoms with Gasteiger partial charge in [-0.3, -0.25) is 4.79 Å². The number of hydrogen-bond donors (Lipinski definition) is 3. The number of anilines is 1. The van der Waals surface area contributed by atoms with E-state index in [0.717, 1.165) is 11.1 Å². The summed E-state index contributed by atoms with van der Waals surface area (Å²) in [4.78, 5) is 12.0. The zero-order valence-corrected chi connectivity index (χ0v) is 16.1. The fourth-order valence-electron chi connectivity index (χ4n) is 2.84. The number of aliphatic hydroxyl groups excluding tert-OH is 1. The smallest absolute Gasteiger partial charge is 0.251 e. The summed E-state index contributed by atoms with van der Waals surface area (Å²) in [5.41, 5.74) is 2.96. The highest BCUT2D eigenvalue weighted by Crippen LogP contribution is 2.20.